The lowest BCUT2D eigenvalue weighted by atomic mass is 10.3. The van der Waals surface area contributed by atoms with E-state index in [9.17, 15) is 0 Å². The van der Waals surface area contributed by atoms with Gasteiger partial charge in [0, 0.05) is 21.4 Å². The summed E-state index contributed by atoms with van der Waals surface area (Å²) in [6.45, 7) is 0. The second kappa shape index (κ2) is 7.65. The fourth-order valence-corrected chi connectivity index (χ4v) is 2.45. The maximum Gasteiger partial charge on any atom is 0.320 e. The van der Waals surface area contributed by atoms with Crippen LogP contribution >= 0.6 is 23.2 Å². The Morgan fingerprint density at radius 2 is 1.04 bits per heavy atom. The van der Waals surface area contributed by atoms with Crippen LogP contribution in [0.5, 0.6) is 0 Å². The minimum absolute atomic E-state index is 0.213. The maximum absolute atomic E-state index is 5.86. The van der Waals surface area contributed by atoms with Crippen LogP contribution in [-0.4, -0.2) is 20.4 Å². The molecular weight excluding hydrogens is 391 g/mol. The van der Waals surface area contributed by atoms with Crippen LogP contribution in [-0.2, 0) is 6.42 Å². The Morgan fingerprint density at radius 1 is 0.630 bits per heavy atom. The summed E-state index contributed by atoms with van der Waals surface area (Å²) in [6, 6.07) is 14.8. The number of hydrogen-bond donors (Lipinski definition) is 2. The van der Waals surface area contributed by atoms with E-state index in [0.29, 0.717) is 21.8 Å². The molecule has 0 aliphatic carbocycles. The summed E-state index contributed by atoms with van der Waals surface area (Å²) in [5.74, 6) is 0.682. The second-order valence-electron chi connectivity index (χ2n) is 5.44. The predicted octanol–water partition coefficient (Wildman–Crippen LogP) is 4.84. The molecule has 4 rings (SSSR count). The van der Waals surface area contributed by atoms with Crippen LogP contribution in [0.2, 0.25) is 10.0 Å². The van der Waals surface area contributed by atoms with E-state index in [1.807, 2.05) is 0 Å². The molecule has 0 amide bonds. The minimum Gasteiger partial charge on any atom is -0.407 e. The number of benzene rings is 2. The molecule has 27 heavy (non-hydrogen) atoms. The van der Waals surface area contributed by atoms with Crippen molar-refractivity contribution >= 4 is 46.6 Å². The van der Waals surface area contributed by atoms with Crippen LogP contribution in [0.3, 0.4) is 0 Å². The first-order valence-corrected chi connectivity index (χ1v) is 8.59. The summed E-state index contributed by atoms with van der Waals surface area (Å²) in [7, 11) is 0. The monoisotopic (exact) mass is 402 g/mol. The van der Waals surface area contributed by atoms with Gasteiger partial charge in [0.2, 0.25) is 11.8 Å². The van der Waals surface area contributed by atoms with Gasteiger partial charge in [-0.3, -0.25) is 0 Å². The Balaban J connectivity index is 1.38. The lowest BCUT2D eigenvalue weighted by molar-refractivity contribution is 0.469. The highest BCUT2D eigenvalue weighted by molar-refractivity contribution is 6.30. The van der Waals surface area contributed by atoms with E-state index in [2.05, 4.69) is 31.0 Å². The van der Waals surface area contributed by atoms with E-state index in [-0.39, 0.29) is 18.5 Å². The average Bonchev–Trinajstić information content (AvgIpc) is 3.29. The molecule has 2 N–H and O–H groups in total. The molecule has 4 aromatic rings. The van der Waals surface area contributed by atoms with Crippen LogP contribution in [0.4, 0.5) is 23.4 Å². The van der Waals surface area contributed by atoms with Crippen molar-refractivity contribution in [3.63, 3.8) is 0 Å². The standard InChI is InChI=1S/C17H12Cl2N6O2/c18-10-1-5-12(6-2-10)20-16-24-22-14(26-16)9-15-23-25-17(27-15)21-13-7-3-11(19)4-8-13/h1-8H,9H2,(H,20,24)(H,21,25). The molecule has 0 atom stereocenters. The third-order valence-corrected chi connectivity index (χ3v) is 3.93. The van der Waals surface area contributed by atoms with Crippen LogP contribution in [0, 0.1) is 0 Å². The van der Waals surface area contributed by atoms with Crippen molar-refractivity contribution in [3.8, 4) is 0 Å². The lowest BCUT2D eigenvalue weighted by Gasteiger charge is -2.00. The zero-order valence-corrected chi connectivity index (χ0v) is 15.2. The molecule has 0 fully saturated rings. The van der Waals surface area contributed by atoms with Gasteiger partial charge in [0.25, 0.3) is 0 Å². The Bertz CT molecular complexity index is 947. The van der Waals surface area contributed by atoms with E-state index in [0.717, 1.165) is 11.4 Å². The van der Waals surface area contributed by atoms with Gasteiger partial charge < -0.3 is 19.5 Å². The van der Waals surface area contributed by atoms with Crippen molar-refractivity contribution in [3.05, 3.63) is 70.4 Å². The van der Waals surface area contributed by atoms with E-state index in [4.69, 9.17) is 32.0 Å². The van der Waals surface area contributed by atoms with E-state index in [1.165, 1.54) is 0 Å². The van der Waals surface area contributed by atoms with E-state index < -0.39 is 0 Å². The summed E-state index contributed by atoms with van der Waals surface area (Å²) >= 11 is 11.7. The molecular formula is C17H12Cl2N6O2. The molecule has 10 heteroatoms. The first-order valence-electron chi connectivity index (χ1n) is 7.84. The topological polar surface area (TPSA) is 102 Å². The maximum atomic E-state index is 5.86. The number of hydrogen-bond acceptors (Lipinski definition) is 8. The largest absolute Gasteiger partial charge is 0.407 e. The molecule has 2 aromatic carbocycles. The van der Waals surface area contributed by atoms with Gasteiger partial charge in [-0.25, -0.2) is 0 Å². The fraction of sp³-hybridized carbons (Fsp3) is 0.0588. The Morgan fingerprint density at radius 3 is 1.44 bits per heavy atom. The summed E-state index contributed by atoms with van der Waals surface area (Å²) in [4.78, 5) is 0. The quantitative estimate of drug-likeness (QED) is 0.472. The molecule has 0 aliphatic rings. The molecule has 0 spiro atoms. The van der Waals surface area contributed by atoms with Crippen molar-refractivity contribution in [1.82, 2.24) is 20.4 Å². The highest BCUT2D eigenvalue weighted by Gasteiger charge is 2.13. The molecule has 0 unspecified atom stereocenters. The number of rotatable bonds is 6. The molecule has 2 aromatic heterocycles. The fourth-order valence-electron chi connectivity index (χ4n) is 2.19. The van der Waals surface area contributed by atoms with Gasteiger partial charge in [-0.1, -0.05) is 33.4 Å². The molecule has 8 nitrogen and oxygen atoms in total. The first-order chi connectivity index (χ1) is 13.1. The predicted molar refractivity (Wildman–Crippen MR) is 101 cm³/mol. The Labute approximate surface area is 163 Å². The van der Waals surface area contributed by atoms with E-state index in [1.54, 1.807) is 48.5 Å². The smallest absolute Gasteiger partial charge is 0.320 e. The first kappa shape index (κ1) is 17.3. The van der Waals surface area contributed by atoms with Crippen molar-refractivity contribution in [2.24, 2.45) is 0 Å². The molecule has 0 saturated carbocycles. The summed E-state index contributed by atoms with van der Waals surface area (Å²) in [5.41, 5.74) is 1.56. The van der Waals surface area contributed by atoms with Gasteiger partial charge >= 0.3 is 12.0 Å². The van der Waals surface area contributed by atoms with Gasteiger partial charge in [-0.15, -0.1) is 10.2 Å². The van der Waals surface area contributed by atoms with Crippen molar-refractivity contribution < 1.29 is 8.83 Å². The Hall–Kier alpha value is -3.10. The van der Waals surface area contributed by atoms with Gasteiger partial charge in [0.15, 0.2) is 0 Å². The van der Waals surface area contributed by atoms with Gasteiger partial charge in [0.05, 0.1) is 0 Å². The molecule has 0 radical (unpaired) electrons. The SMILES string of the molecule is Clc1ccc(Nc2nnc(Cc3nnc(Nc4ccc(Cl)cc4)o3)o2)cc1. The number of halogens is 2. The van der Waals surface area contributed by atoms with Gasteiger partial charge in [-0.2, -0.15) is 0 Å². The summed E-state index contributed by atoms with van der Waals surface area (Å²) in [6.07, 6.45) is 0.213. The number of nitrogens with one attached hydrogen (secondary N) is 2. The zero-order valence-electron chi connectivity index (χ0n) is 13.7. The van der Waals surface area contributed by atoms with Crippen LogP contribution in [0.15, 0.2) is 57.4 Å². The third-order valence-electron chi connectivity index (χ3n) is 3.43. The number of nitrogens with zero attached hydrogens (tertiary/aromatic N) is 4. The highest BCUT2D eigenvalue weighted by atomic mass is 35.5. The van der Waals surface area contributed by atoms with Crippen LogP contribution in [0.25, 0.3) is 0 Å². The van der Waals surface area contributed by atoms with Crippen molar-refractivity contribution in [1.29, 1.82) is 0 Å². The number of anilines is 4. The van der Waals surface area contributed by atoms with Crippen molar-refractivity contribution in [2.45, 2.75) is 6.42 Å². The highest BCUT2D eigenvalue weighted by Crippen LogP contribution is 2.21. The normalized spacial score (nSPS) is 10.7. The molecule has 136 valence electrons. The summed E-state index contributed by atoms with van der Waals surface area (Å²) < 4.78 is 11.1. The lowest BCUT2D eigenvalue weighted by Crippen LogP contribution is -1.89. The minimum atomic E-state index is 0.213. The van der Waals surface area contributed by atoms with Gasteiger partial charge in [0.1, 0.15) is 6.42 Å². The molecule has 0 aliphatic heterocycles. The molecule has 0 bridgehead atoms. The van der Waals surface area contributed by atoms with Gasteiger partial charge in [-0.05, 0) is 48.5 Å². The van der Waals surface area contributed by atoms with Crippen molar-refractivity contribution in [2.75, 3.05) is 10.6 Å². The zero-order chi connectivity index (χ0) is 18.6. The molecule has 0 saturated heterocycles. The average molecular weight is 403 g/mol. The van der Waals surface area contributed by atoms with Crippen LogP contribution < -0.4 is 10.6 Å². The number of aromatic nitrogens is 4. The second-order valence-corrected chi connectivity index (χ2v) is 6.32. The molecule has 2 heterocycles. The summed E-state index contributed by atoms with van der Waals surface area (Å²) in [5, 5.41) is 23.1. The van der Waals surface area contributed by atoms with Crippen LogP contribution in [0.1, 0.15) is 11.8 Å². The van der Waals surface area contributed by atoms with E-state index >= 15 is 0 Å². The third kappa shape index (κ3) is 4.55. The Kier molecular flexibility index (Phi) is 4.91.